The largest absolute Gasteiger partial charge is 0.379 e. The summed E-state index contributed by atoms with van der Waals surface area (Å²) in [5, 5.41) is 16.4. The first-order valence-electron chi connectivity index (χ1n) is 8.63. The molecule has 1 aliphatic carbocycles. The number of nitrogens with zero attached hydrogens (tertiary/aromatic N) is 3. The summed E-state index contributed by atoms with van der Waals surface area (Å²) in [6, 6.07) is 6.23. The van der Waals surface area contributed by atoms with Crippen LogP contribution in [0.4, 0.5) is 4.39 Å². The van der Waals surface area contributed by atoms with Gasteiger partial charge in [0.15, 0.2) is 5.52 Å². The lowest BCUT2D eigenvalue weighted by atomic mass is 9.86. The number of pyridine rings is 1. The van der Waals surface area contributed by atoms with Crippen LogP contribution in [0.1, 0.15) is 43.5 Å². The number of aryl methyl sites for hydroxylation is 1. The Morgan fingerprint density at radius 1 is 1.38 bits per heavy atom. The SMILES string of the molecule is CCC(O)(c1ccc(F)c(Cl)c1)c1c2ccn(C3CC3)c(=O)c2nn1C. The number of hydrogen-bond donors (Lipinski definition) is 1. The van der Waals surface area contributed by atoms with Crippen molar-refractivity contribution in [1.82, 2.24) is 14.3 Å². The smallest absolute Gasteiger partial charge is 0.279 e. The molecule has 1 unspecified atom stereocenters. The van der Waals surface area contributed by atoms with Gasteiger partial charge in [-0.25, -0.2) is 4.39 Å². The highest BCUT2D eigenvalue weighted by Gasteiger charge is 2.36. The normalized spacial score (nSPS) is 16.8. The van der Waals surface area contributed by atoms with E-state index in [9.17, 15) is 14.3 Å². The lowest BCUT2D eigenvalue weighted by molar-refractivity contribution is 0.0692. The molecule has 5 nitrogen and oxygen atoms in total. The maximum Gasteiger partial charge on any atom is 0.279 e. The number of fused-ring (bicyclic) bond motifs is 1. The van der Waals surface area contributed by atoms with E-state index < -0.39 is 11.4 Å². The lowest BCUT2D eigenvalue weighted by Crippen LogP contribution is -2.29. The van der Waals surface area contributed by atoms with Crippen molar-refractivity contribution in [1.29, 1.82) is 0 Å². The van der Waals surface area contributed by atoms with E-state index in [1.54, 1.807) is 17.8 Å². The second kappa shape index (κ2) is 5.93. The first kappa shape index (κ1) is 17.2. The highest BCUT2D eigenvalue weighted by molar-refractivity contribution is 6.30. The fraction of sp³-hybridized carbons (Fsp3) is 0.368. The van der Waals surface area contributed by atoms with E-state index in [1.165, 1.54) is 22.9 Å². The van der Waals surface area contributed by atoms with Gasteiger partial charge in [-0.1, -0.05) is 24.6 Å². The molecule has 26 heavy (non-hydrogen) atoms. The minimum atomic E-state index is -1.45. The minimum Gasteiger partial charge on any atom is -0.379 e. The van der Waals surface area contributed by atoms with Crippen LogP contribution >= 0.6 is 11.6 Å². The van der Waals surface area contributed by atoms with E-state index in [1.807, 2.05) is 13.0 Å². The number of hydrogen-bond acceptors (Lipinski definition) is 3. The summed E-state index contributed by atoms with van der Waals surface area (Å²) in [5.41, 5.74) is -0.307. The van der Waals surface area contributed by atoms with Crippen LogP contribution in [0.2, 0.25) is 5.02 Å². The third kappa shape index (κ3) is 2.47. The molecule has 0 amide bonds. The summed E-state index contributed by atoms with van der Waals surface area (Å²) in [6.45, 7) is 1.82. The van der Waals surface area contributed by atoms with Gasteiger partial charge in [-0.3, -0.25) is 9.48 Å². The van der Waals surface area contributed by atoms with Crippen molar-refractivity contribution in [2.75, 3.05) is 0 Å². The fourth-order valence-corrected chi connectivity index (χ4v) is 3.77. The maximum absolute atomic E-state index is 13.6. The molecule has 1 saturated carbocycles. The highest BCUT2D eigenvalue weighted by Crippen LogP contribution is 2.38. The van der Waals surface area contributed by atoms with Gasteiger partial charge in [-0.2, -0.15) is 5.10 Å². The molecule has 1 aliphatic rings. The number of rotatable bonds is 4. The molecule has 0 saturated heterocycles. The molecule has 4 rings (SSSR count). The number of aromatic nitrogens is 3. The van der Waals surface area contributed by atoms with E-state index in [4.69, 9.17) is 11.6 Å². The molecule has 1 aromatic carbocycles. The van der Waals surface area contributed by atoms with E-state index in [0.717, 1.165) is 12.8 Å². The predicted octanol–water partition coefficient (Wildman–Crippen LogP) is 3.51. The zero-order chi connectivity index (χ0) is 18.6. The third-order valence-corrected chi connectivity index (χ3v) is 5.45. The summed E-state index contributed by atoms with van der Waals surface area (Å²) in [6.07, 6.45) is 4.08. The standard InChI is InChI=1S/C19H19ClFN3O2/c1-3-19(26,11-4-7-15(21)14(20)10-11)17-13-8-9-24(12-5-6-12)18(25)16(13)22-23(17)2/h4,7-10,12,26H,3,5-6H2,1-2H3. The summed E-state index contributed by atoms with van der Waals surface area (Å²) in [5.74, 6) is -0.545. The van der Waals surface area contributed by atoms with Crippen molar-refractivity contribution in [3.63, 3.8) is 0 Å². The Kier molecular flexibility index (Phi) is 3.93. The quantitative estimate of drug-likeness (QED) is 0.759. The Labute approximate surface area is 154 Å². The van der Waals surface area contributed by atoms with Gasteiger partial charge in [0, 0.05) is 24.7 Å². The van der Waals surface area contributed by atoms with Crippen molar-refractivity contribution < 1.29 is 9.50 Å². The molecular formula is C19H19ClFN3O2. The van der Waals surface area contributed by atoms with Crippen molar-refractivity contribution >= 4 is 22.5 Å². The van der Waals surface area contributed by atoms with Gasteiger partial charge in [-0.15, -0.1) is 0 Å². The van der Waals surface area contributed by atoms with Crippen molar-refractivity contribution in [3.05, 3.63) is 62.9 Å². The molecule has 7 heteroatoms. The second-order valence-electron chi connectivity index (χ2n) is 6.84. The van der Waals surface area contributed by atoms with Crippen molar-refractivity contribution in [2.24, 2.45) is 7.05 Å². The Morgan fingerprint density at radius 3 is 2.73 bits per heavy atom. The van der Waals surface area contributed by atoms with Crippen LogP contribution in [0, 0.1) is 5.82 Å². The van der Waals surface area contributed by atoms with Crippen LogP contribution in [-0.4, -0.2) is 19.5 Å². The van der Waals surface area contributed by atoms with Crippen molar-refractivity contribution in [3.8, 4) is 0 Å². The number of benzene rings is 1. The van der Waals surface area contributed by atoms with Gasteiger partial charge in [0.25, 0.3) is 5.56 Å². The Bertz CT molecular complexity index is 1070. The molecule has 1 atom stereocenters. The number of halogens is 2. The minimum absolute atomic E-state index is 0.0584. The van der Waals surface area contributed by atoms with Crippen LogP contribution in [-0.2, 0) is 12.6 Å². The Morgan fingerprint density at radius 2 is 2.12 bits per heavy atom. The van der Waals surface area contributed by atoms with Gasteiger partial charge in [-0.05, 0) is 43.0 Å². The summed E-state index contributed by atoms with van der Waals surface area (Å²) >= 11 is 5.92. The van der Waals surface area contributed by atoms with Crippen LogP contribution in [0.15, 0.2) is 35.3 Å². The highest BCUT2D eigenvalue weighted by atomic mass is 35.5. The van der Waals surface area contributed by atoms with Gasteiger partial charge >= 0.3 is 0 Å². The van der Waals surface area contributed by atoms with Gasteiger partial charge < -0.3 is 9.67 Å². The first-order valence-corrected chi connectivity index (χ1v) is 9.01. The first-order chi connectivity index (χ1) is 12.4. The summed E-state index contributed by atoms with van der Waals surface area (Å²) in [7, 11) is 1.70. The van der Waals surface area contributed by atoms with Crippen LogP contribution < -0.4 is 5.56 Å². The summed E-state index contributed by atoms with van der Waals surface area (Å²) in [4.78, 5) is 12.8. The molecular weight excluding hydrogens is 357 g/mol. The van der Waals surface area contributed by atoms with Gasteiger partial charge in [0.1, 0.15) is 11.4 Å². The zero-order valence-corrected chi connectivity index (χ0v) is 15.3. The molecule has 0 spiro atoms. The van der Waals surface area contributed by atoms with E-state index in [2.05, 4.69) is 5.10 Å². The average molecular weight is 376 g/mol. The predicted molar refractivity (Wildman–Crippen MR) is 97.9 cm³/mol. The molecule has 1 N–H and O–H groups in total. The van der Waals surface area contributed by atoms with E-state index in [0.29, 0.717) is 28.6 Å². The van der Waals surface area contributed by atoms with Crippen LogP contribution in [0.25, 0.3) is 10.9 Å². The molecule has 0 bridgehead atoms. The van der Waals surface area contributed by atoms with E-state index in [-0.39, 0.29) is 16.6 Å². The van der Waals surface area contributed by atoms with Crippen LogP contribution in [0.3, 0.4) is 0 Å². The van der Waals surface area contributed by atoms with Crippen LogP contribution in [0.5, 0.6) is 0 Å². The monoisotopic (exact) mass is 375 g/mol. The van der Waals surface area contributed by atoms with Gasteiger partial charge in [0.05, 0.1) is 10.7 Å². The molecule has 0 aliphatic heterocycles. The zero-order valence-electron chi connectivity index (χ0n) is 14.5. The topological polar surface area (TPSA) is 60.1 Å². The van der Waals surface area contributed by atoms with Gasteiger partial charge in [0.2, 0.25) is 0 Å². The fourth-order valence-electron chi connectivity index (χ4n) is 3.59. The van der Waals surface area contributed by atoms with Crippen molar-refractivity contribution in [2.45, 2.75) is 37.8 Å². The Hall–Kier alpha value is -2.18. The molecule has 0 radical (unpaired) electrons. The van der Waals surface area contributed by atoms with E-state index >= 15 is 0 Å². The molecule has 2 aromatic heterocycles. The Balaban J connectivity index is 1.96. The average Bonchev–Trinajstić information content (AvgIpc) is 3.39. The lowest BCUT2D eigenvalue weighted by Gasteiger charge is -2.28. The molecule has 1 fully saturated rings. The second-order valence-corrected chi connectivity index (χ2v) is 7.24. The number of aliphatic hydroxyl groups is 1. The summed E-state index contributed by atoms with van der Waals surface area (Å²) < 4.78 is 16.8. The molecule has 2 heterocycles. The third-order valence-electron chi connectivity index (χ3n) is 5.16. The molecule has 3 aromatic rings. The maximum atomic E-state index is 13.6. The molecule has 136 valence electrons.